The first kappa shape index (κ1) is 23.3. The second-order valence-electron chi connectivity index (χ2n) is 7.22. The molecule has 0 aliphatic carbocycles. The minimum atomic E-state index is -4.68. The zero-order chi connectivity index (χ0) is 24.5. The molecule has 3 aromatic carbocycles. The number of phenols is 1. The number of benzene rings is 3. The van der Waals surface area contributed by atoms with Crippen LogP contribution in [0.4, 0.5) is 18.9 Å². The molecule has 11 heteroatoms. The number of H-pyrrole nitrogens is 1. The Hall–Kier alpha value is -3.86. The number of halogens is 4. The first-order valence-electron chi connectivity index (χ1n) is 9.74. The number of non-ortho nitro benzene ring substituents is 1. The molecule has 174 valence electrons. The average molecular weight is 534 g/mol. The number of nitrogens with one attached hydrogen (secondary N) is 1. The van der Waals surface area contributed by atoms with Crippen molar-refractivity contribution in [2.75, 3.05) is 0 Å². The van der Waals surface area contributed by atoms with E-state index in [1.54, 1.807) is 24.3 Å². The van der Waals surface area contributed by atoms with E-state index in [9.17, 15) is 28.4 Å². The molecule has 1 heterocycles. The normalized spacial score (nSPS) is 11.4. The van der Waals surface area contributed by atoms with E-state index in [4.69, 9.17) is 4.74 Å². The summed E-state index contributed by atoms with van der Waals surface area (Å²) >= 11 is 3.26. The standard InChI is InChI=1S/C23H15BrF3N3O4/c24-15-5-3-14(4-6-15)20-21(28-29-22(20)23(25,26)27)18-10-9-17(11-19(18)31)34-12-13-1-7-16(8-2-13)30(32)33/h1-11,31H,12H2,(H,28,29). The van der Waals surface area contributed by atoms with E-state index >= 15 is 0 Å². The maximum Gasteiger partial charge on any atom is 0.433 e. The molecule has 0 saturated heterocycles. The van der Waals surface area contributed by atoms with Gasteiger partial charge >= 0.3 is 6.18 Å². The van der Waals surface area contributed by atoms with Gasteiger partial charge in [-0.15, -0.1) is 0 Å². The Kier molecular flexibility index (Phi) is 6.29. The Morgan fingerprint density at radius 1 is 1.06 bits per heavy atom. The van der Waals surface area contributed by atoms with Crippen LogP contribution in [0.3, 0.4) is 0 Å². The number of hydrogen-bond donors (Lipinski definition) is 2. The van der Waals surface area contributed by atoms with Gasteiger partial charge in [0.2, 0.25) is 0 Å². The third-order valence-corrected chi connectivity index (χ3v) is 5.49. The Bertz CT molecular complexity index is 1340. The summed E-state index contributed by atoms with van der Waals surface area (Å²) < 4.78 is 47.2. The van der Waals surface area contributed by atoms with Gasteiger partial charge in [-0.2, -0.15) is 18.3 Å². The first-order valence-corrected chi connectivity index (χ1v) is 10.5. The maximum absolute atomic E-state index is 13.6. The average Bonchev–Trinajstić information content (AvgIpc) is 3.24. The molecule has 0 unspecified atom stereocenters. The molecule has 0 amide bonds. The molecule has 1 aromatic heterocycles. The van der Waals surface area contributed by atoms with Crippen LogP contribution in [-0.2, 0) is 12.8 Å². The predicted octanol–water partition coefficient (Wildman–Crippen LogP) is 6.72. The number of aromatic nitrogens is 2. The van der Waals surface area contributed by atoms with Crippen molar-refractivity contribution in [1.29, 1.82) is 0 Å². The number of hydrogen-bond acceptors (Lipinski definition) is 5. The highest BCUT2D eigenvalue weighted by atomic mass is 79.9. The van der Waals surface area contributed by atoms with E-state index in [-0.39, 0.29) is 46.2 Å². The van der Waals surface area contributed by atoms with E-state index < -0.39 is 16.8 Å². The lowest BCUT2D eigenvalue weighted by Gasteiger charge is -2.11. The summed E-state index contributed by atoms with van der Waals surface area (Å²) in [7, 11) is 0. The number of phenolic OH excluding ortho intramolecular Hbond substituents is 1. The van der Waals surface area contributed by atoms with E-state index in [1.165, 1.54) is 42.5 Å². The number of rotatable bonds is 6. The van der Waals surface area contributed by atoms with Gasteiger partial charge in [-0.05, 0) is 47.5 Å². The number of aromatic hydroxyl groups is 1. The molecule has 0 bridgehead atoms. The second kappa shape index (κ2) is 9.18. The highest BCUT2D eigenvalue weighted by Gasteiger charge is 2.38. The van der Waals surface area contributed by atoms with Crippen molar-refractivity contribution in [2.24, 2.45) is 0 Å². The van der Waals surface area contributed by atoms with Crippen molar-refractivity contribution in [3.63, 3.8) is 0 Å². The van der Waals surface area contributed by atoms with Gasteiger partial charge in [-0.3, -0.25) is 15.2 Å². The lowest BCUT2D eigenvalue weighted by atomic mass is 9.98. The summed E-state index contributed by atoms with van der Waals surface area (Å²) in [5.74, 6) is -0.0591. The third-order valence-electron chi connectivity index (χ3n) is 4.96. The number of aromatic amines is 1. The smallest absolute Gasteiger partial charge is 0.433 e. The third kappa shape index (κ3) is 4.88. The summed E-state index contributed by atoms with van der Waals surface area (Å²) in [5, 5.41) is 27.2. The number of alkyl halides is 3. The summed E-state index contributed by atoms with van der Waals surface area (Å²) in [5.41, 5.74) is -0.297. The van der Waals surface area contributed by atoms with E-state index in [1.807, 2.05) is 5.10 Å². The lowest BCUT2D eigenvalue weighted by molar-refractivity contribution is -0.384. The number of ether oxygens (including phenoxy) is 1. The van der Waals surface area contributed by atoms with Crippen LogP contribution in [0.1, 0.15) is 11.3 Å². The van der Waals surface area contributed by atoms with Crippen LogP contribution in [0, 0.1) is 10.1 Å². The summed E-state index contributed by atoms with van der Waals surface area (Å²) in [6, 6.07) is 16.2. The van der Waals surface area contributed by atoms with Gasteiger partial charge in [0.15, 0.2) is 0 Å². The van der Waals surface area contributed by atoms with Crippen molar-refractivity contribution >= 4 is 21.6 Å². The molecule has 0 spiro atoms. The van der Waals surface area contributed by atoms with Crippen molar-refractivity contribution in [1.82, 2.24) is 10.2 Å². The quantitative estimate of drug-likeness (QED) is 0.211. The molecule has 0 aliphatic rings. The fourth-order valence-electron chi connectivity index (χ4n) is 3.32. The number of nitro groups is 1. The fourth-order valence-corrected chi connectivity index (χ4v) is 3.59. The van der Waals surface area contributed by atoms with Gasteiger partial charge in [0.1, 0.15) is 29.5 Å². The van der Waals surface area contributed by atoms with Crippen LogP contribution in [0.15, 0.2) is 71.2 Å². The van der Waals surface area contributed by atoms with Gasteiger partial charge in [-0.1, -0.05) is 28.1 Å². The largest absolute Gasteiger partial charge is 0.507 e. The Morgan fingerprint density at radius 3 is 2.32 bits per heavy atom. The highest BCUT2D eigenvalue weighted by Crippen LogP contribution is 2.44. The molecule has 4 rings (SSSR count). The summed E-state index contributed by atoms with van der Waals surface area (Å²) in [6.07, 6.45) is -4.68. The van der Waals surface area contributed by atoms with Gasteiger partial charge in [0, 0.05) is 33.8 Å². The molecule has 0 fully saturated rings. The molecule has 4 aromatic rings. The topological polar surface area (TPSA) is 101 Å². The zero-order valence-corrected chi connectivity index (χ0v) is 18.7. The van der Waals surface area contributed by atoms with Gasteiger partial charge in [0.25, 0.3) is 5.69 Å². The van der Waals surface area contributed by atoms with Gasteiger partial charge < -0.3 is 9.84 Å². The lowest BCUT2D eigenvalue weighted by Crippen LogP contribution is -2.07. The Labute approximate surface area is 199 Å². The molecule has 34 heavy (non-hydrogen) atoms. The molecular weight excluding hydrogens is 519 g/mol. The minimum absolute atomic E-state index is 0.0513. The van der Waals surface area contributed by atoms with Crippen molar-refractivity contribution < 1.29 is 27.9 Å². The van der Waals surface area contributed by atoms with Crippen molar-refractivity contribution in [3.05, 3.63) is 92.6 Å². The van der Waals surface area contributed by atoms with Crippen LogP contribution in [0.5, 0.6) is 11.5 Å². The van der Waals surface area contributed by atoms with Crippen molar-refractivity contribution in [3.8, 4) is 33.9 Å². The Balaban J connectivity index is 1.63. The predicted molar refractivity (Wildman–Crippen MR) is 121 cm³/mol. The van der Waals surface area contributed by atoms with E-state index in [0.717, 1.165) is 0 Å². The molecule has 7 nitrogen and oxygen atoms in total. The number of nitrogens with zero attached hydrogens (tertiary/aromatic N) is 2. The van der Waals surface area contributed by atoms with Crippen LogP contribution >= 0.6 is 15.9 Å². The molecule has 0 radical (unpaired) electrons. The van der Waals surface area contributed by atoms with Gasteiger partial charge in [0.05, 0.1) is 4.92 Å². The first-order chi connectivity index (χ1) is 16.1. The molecule has 2 N–H and O–H groups in total. The molecule has 0 saturated carbocycles. The fraction of sp³-hybridized carbons (Fsp3) is 0.0870. The van der Waals surface area contributed by atoms with Crippen LogP contribution in [-0.4, -0.2) is 20.2 Å². The number of nitro benzene ring substituents is 1. The minimum Gasteiger partial charge on any atom is -0.507 e. The SMILES string of the molecule is O=[N+]([O-])c1ccc(COc2ccc(-c3n[nH]c(C(F)(F)F)c3-c3ccc(Br)cc3)c(O)c2)cc1. The van der Waals surface area contributed by atoms with E-state index in [2.05, 4.69) is 21.0 Å². The summed E-state index contributed by atoms with van der Waals surface area (Å²) in [4.78, 5) is 10.2. The second-order valence-corrected chi connectivity index (χ2v) is 8.13. The van der Waals surface area contributed by atoms with Crippen LogP contribution in [0.2, 0.25) is 0 Å². The molecule has 0 aliphatic heterocycles. The molecule has 0 atom stereocenters. The Morgan fingerprint density at radius 2 is 1.74 bits per heavy atom. The molecular formula is C23H15BrF3N3O4. The monoisotopic (exact) mass is 533 g/mol. The van der Waals surface area contributed by atoms with Crippen LogP contribution in [0.25, 0.3) is 22.4 Å². The van der Waals surface area contributed by atoms with E-state index in [0.29, 0.717) is 10.0 Å². The highest BCUT2D eigenvalue weighted by molar-refractivity contribution is 9.10. The summed E-state index contributed by atoms with van der Waals surface area (Å²) in [6.45, 7) is 0.0710. The zero-order valence-electron chi connectivity index (χ0n) is 17.1. The maximum atomic E-state index is 13.6. The van der Waals surface area contributed by atoms with Crippen molar-refractivity contribution in [2.45, 2.75) is 12.8 Å². The van der Waals surface area contributed by atoms with Gasteiger partial charge in [-0.25, -0.2) is 0 Å². The van der Waals surface area contributed by atoms with Crippen LogP contribution < -0.4 is 4.74 Å².